The van der Waals surface area contributed by atoms with Crippen LogP contribution in [0.3, 0.4) is 0 Å². The molecule has 5 nitrogen and oxygen atoms in total. The molecular formula is C19H18BrFN2O3. The Balaban J connectivity index is 1.64. The molecule has 2 aromatic rings. The number of hydrogen-bond donors (Lipinski definition) is 1. The lowest BCUT2D eigenvalue weighted by Gasteiger charge is -2.26. The number of hydrogen-bond acceptors (Lipinski definition) is 3. The Morgan fingerprint density at radius 2 is 1.88 bits per heavy atom. The van der Waals surface area contributed by atoms with Gasteiger partial charge in [0, 0.05) is 17.9 Å². The zero-order chi connectivity index (χ0) is 18.7. The van der Waals surface area contributed by atoms with Gasteiger partial charge in [0.2, 0.25) is 5.91 Å². The molecule has 1 fully saturated rings. The molecule has 0 aromatic heterocycles. The molecule has 0 unspecified atom stereocenters. The topological polar surface area (TPSA) is 58.6 Å². The highest BCUT2D eigenvalue weighted by Gasteiger charge is 2.39. The van der Waals surface area contributed by atoms with Gasteiger partial charge in [-0.15, -0.1) is 0 Å². The Hall–Kier alpha value is -2.41. The van der Waals surface area contributed by atoms with Gasteiger partial charge in [-0.05, 0) is 42.0 Å². The minimum Gasteiger partial charge on any atom is -0.484 e. The fourth-order valence-corrected chi connectivity index (χ4v) is 3.31. The molecule has 3 rings (SSSR count). The number of nitrogens with zero attached hydrogens (tertiary/aromatic N) is 1. The molecule has 0 saturated carbocycles. The van der Waals surface area contributed by atoms with Gasteiger partial charge in [-0.25, -0.2) is 4.39 Å². The van der Waals surface area contributed by atoms with Crippen LogP contribution < -0.4 is 10.1 Å². The molecule has 2 amide bonds. The second-order valence-corrected chi connectivity index (χ2v) is 7.04. The van der Waals surface area contributed by atoms with Gasteiger partial charge in [0.05, 0.1) is 12.1 Å². The van der Waals surface area contributed by atoms with Crippen LogP contribution in [0.5, 0.6) is 5.75 Å². The quantitative estimate of drug-likeness (QED) is 0.808. The predicted molar refractivity (Wildman–Crippen MR) is 98.1 cm³/mol. The summed E-state index contributed by atoms with van der Waals surface area (Å²) in [5.41, 5.74) is 0.777. The molecule has 2 aromatic carbocycles. The van der Waals surface area contributed by atoms with Gasteiger partial charge in [0.15, 0.2) is 6.61 Å². The first-order chi connectivity index (χ1) is 12.4. The van der Waals surface area contributed by atoms with Crippen molar-refractivity contribution >= 4 is 27.7 Å². The van der Waals surface area contributed by atoms with Gasteiger partial charge in [0.1, 0.15) is 11.6 Å². The average Bonchev–Trinajstić information content (AvgIpc) is 2.89. The number of carbonyl (C=O) groups is 2. The van der Waals surface area contributed by atoms with E-state index in [1.165, 1.54) is 12.1 Å². The van der Waals surface area contributed by atoms with Crippen LogP contribution in [0.15, 0.2) is 53.0 Å². The Morgan fingerprint density at radius 3 is 2.54 bits per heavy atom. The van der Waals surface area contributed by atoms with Crippen LogP contribution in [0.25, 0.3) is 0 Å². The van der Waals surface area contributed by atoms with Gasteiger partial charge in [-0.2, -0.15) is 0 Å². The molecule has 1 saturated heterocycles. The van der Waals surface area contributed by atoms with Crippen molar-refractivity contribution in [2.45, 2.75) is 18.5 Å². The minimum absolute atomic E-state index is 0.0709. The normalized spacial score (nSPS) is 19.5. The largest absolute Gasteiger partial charge is 0.484 e. The van der Waals surface area contributed by atoms with E-state index in [1.807, 2.05) is 12.1 Å². The van der Waals surface area contributed by atoms with Crippen LogP contribution in [-0.4, -0.2) is 36.4 Å². The van der Waals surface area contributed by atoms with E-state index < -0.39 is 0 Å². The molecule has 26 heavy (non-hydrogen) atoms. The summed E-state index contributed by atoms with van der Waals surface area (Å²) < 4.78 is 19.6. The summed E-state index contributed by atoms with van der Waals surface area (Å²) in [6.07, 6.45) is 0.197. The highest BCUT2D eigenvalue weighted by molar-refractivity contribution is 9.10. The highest BCUT2D eigenvalue weighted by Crippen LogP contribution is 2.32. The number of carbonyl (C=O) groups excluding carboxylic acids is 2. The predicted octanol–water partition coefficient (Wildman–Crippen LogP) is 3.06. The molecule has 0 radical (unpaired) electrons. The first-order valence-electron chi connectivity index (χ1n) is 8.13. The van der Waals surface area contributed by atoms with Crippen molar-refractivity contribution in [3.63, 3.8) is 0 Å². The third-order valence-electron chi connectivity index (χ3n) is 4.33. The molecule has 0 spiro atoms. The lowest BCUT2D eigenvalue weighted by atomic mass is 10.00. The summed E-state index contributed by atoms with van der Waals surface area (Å²) in [4.78, 5) is 25.9. The SMILES string of the molecule is CN1C(=O)C[C@H](NC(=O)COc2ccc(Br)cc2)[C@H]1c1ccc(F)cc1. The van der Waals surface area contributed by atoms with Crippen molar-refractivity contribution < 1.29 is 18.7 Å². The number of benzene rings is 2. The van der Waals surface area contributed by atoms with Crippen molar-refractivity contribution in [1.82, 2.24) is 10.2 Å². The summed E-state index contributed by atoms with van der Waals surface area (Å²) in [6.45, 7) is -0.147. The van der Waals surface area contributed by atoms with Crippen LogP contribution >= 0.6 is 15.9 Å². The minimum atomic E-state index is -0.390. The van der Waals surface area contributed by atoms with E-state index in [2.05, 4.69) is 21.2 Å². The smallest absolute Gasteiger partial charge is 0.258 e. The van der Waals surface area contributed by atoms with Gasteiger partial charge in [0.25, 0.3) is 5.91 Å². The Bertz CT molecular complexity index is 795. The second kappa shape index (κ2) is 7.86. The maximum atomic E-state index is 13.2. The van der Waals surface area contributed by atoms with Crippen molar-refractivity contribution in [2.24, 2.45) is 0 Å². The van der Waals surface area contributed by atoms with Crippen LogP contribution in [0, 0.1) is 5.82 Å². The van der Waals surface area contributed by atoms with Crippen molar-refractivity contribution in [1.29, 1.82) is 0 Å². The molecule has 1 aliphatic rings. The number of ether oxygens (including phenoxy) is 1. The second-order valence-electron chi connectivity index (χ2n) is 6.12. The van der Waals surface area contributed by atoms with Crippen LogP contribution in [-0.2, 0) is 9.59 Å². The number of rotatable bonds is 5. The van der Waals surface area contributed by atoms with Crippen LogP contribution in [0.2, 0.25) is 0 Å². The molecule has 2 atom stereocenters. The van der Waals surface area contributed by atoms with Crippen molar-refractivity contribution in [3.8, 4) is 5.75 Å². The molecule has 0 bridgehead atoms. The van der Waals surface area contributed by atoms with E-state index in [4.69, 9.17) is 4.74 Å². The number of halogens is 2. The van der Waals surface area contributed by atoms with Gasteiger partial charge in [-0.3, -0.25) is 9.59 Å². The summed E-state index contributed by atoms with van der Waals surface area (Å²) in [7, 11) is 1.68. The maximum absolute atomic E-state index is 13.2. The van der Waals surface area contributed by atoms with Gasteiger partial charge < -0.3 is 15.0 Å². The molecular weight excluding hydrogens is 403 g/mol. The molecule has 1 aliphatic heterocycles. The van der Waals surface area contributed by atoms with E-state index >= 15 is 0 Å². The fourth-order valence-electron chi connectivity index (χ4n) is 3.04. The zero-order valence-corrected chi connectivity index (χ0v) is 15.7. The molecule has 136 valence electrons. The van der Waals surface area contributed by atoms with Crippen molar-refractivity contribution in [2.75, 3.05) is 13.7 Å². The lowest BCUT2D eigenvalue weighted by Crippen LogP contribution is -2.41. The molecule has 1 N–H and O–H groups in total. The number of likely N-dealkylation sites (tertiary alicyclic amines) is 1. The highest BCUT2D eigenvalue weighted by atomic mass is 79.9. The average molecular weight is 421 g/mol. The first-order valence-corrected chi connectivity index (χ1v) is 8.92. The summed E-state index contributed by atoms with van der Waals surface area (Å²) in [5, 5.41) is 2.86. The molecule has 0 aliphatic carbocycles. The number of likely N-dealkylation sites (N-methyl/N-ethyl adjacent to an activating group) is 1. The van der Waals surface area contributed by atoms with Gasteiger partial charge >= 0.3 is 0 Å². The number of nitrogens with one attached hydrogen (secondary N) is 1. The Kier molecular flexibility index (Phi) is 5.56. The first kappa shape index (κ1) is 18.4. The standard InChI is InChI=1S/C19H18BrFN2O3/c1-23-18(25)10-16(19(23)12-2-6-14(21)7-3-12)22-17(24)11-26-15-8-4-13(20)5-9-15/h2-9,16,19H,10-11H2,1H3,(H,22,24)/t16-,19+/m0/s1. The lowest BCUT2D eigenvalue weighted by molar-refractivity contribution is -0.127. The Morgan fingerprint density at radius 1 is 1.23 bits per heavy atom. The van der Waals surface area contributed by atoms with Gasteiger partial charge in [-0.1, -0.05) is 28.1 Å². The Labute approximate surface area is 159 Å². The van der Waals surface area contributed by atoms with Crippen LogP contribution in [0.1, 0.15) is 18.0 Å². The maximum Gasteiger partial charge on any atom is 0.258 e. The summed E-state index contributed by atoms with van der Waals surface area (Å²) in [5.74, 6) is -0.145. The zero-order valence-electron chi connectivity index (χ0n) is 14.1. The van der Waals surface area contributed by atoms with E-state index in [9.17, 15) is 14.0 Å². The third kappa shape index (κ3) is 4.22. The monoisotopic (exact) mass is 420 g/mol. The fraction of sp³-hybridized carbons (Fsp3) is 0.263. The molecule has 1 heterocycles. The summed E-state index contributed by atoms with van der Waals surface area (Å²) in [6, 6.07) is 12.4. The summed E-state index contributed by atoms with van der Waals surface area (Å²) >= 11 is 3.33. The van der Waals surface area contributed by atoms with E-state index in [0.717, 1.165) is 10.0 Å². The third-order valence-corrected chi connectivity index (χ3v) is 4.86. The van der Waals surface area contributed by atoms with Crippen molar-refractivity contribution in [3.05, 3.63) is 64.4 Å². The van der Waals surface area contributed by atoms with E-state index in [-0.39, 0.29) is 42.7 Å². The molecule has 7 heteroatoms. The van der Waals surface area contributed by atoms with E-state index in [0.29, 0.717) is 5.75 Å². The van der Waals surface area contributed by atoms with E-state index in [1.54, 1.807) is 36.2 Å². The van der Waals surface area contributed by atoms with Crippen LogP contribution in [0.4, 0.5) is 4.39 Å². The number of amides is 2.